The molecule has 0 aliphatic rings. The molecule has 0 radical (unpaired) electrons. The number of nitrogens with zero attached hydrogens (tertiary/aromatic N) is 2. The molecule has 22 heavy (non-hydrogen) atoms. The summed E-state index contributed by atoms with van der Waals surface area (Å²) in [5, 5.41) is 11.6. The molecule has 2 rings (SSSR count). The lowest BCUT2D eigenvalue weighted by Gasteiger charge is -2.20. The lowest BCUT2D eigenvalue weighted by atomic mass is 10.0. The summed E-state index contributed by atoms with van der Waals surface area (Å²) in [7, 11) is 1.86. The fourth-order valence-corrected chi connectivity index (χ4v) is 2.30. The molecule has 0 fully saturated rings. The van der Waals surface area contributed by atoms with Crippen molar-refractivity contribution < 1.29 is 14.7 Å². The Hall–Kier alpha value is -2.63. The van der Waals surface area contributed by atoms with Gasteiger partial charge in [-0.3, -0.25) is 9.59 Å². The molecule has 0 bridgehead atoms. The number of carboxylic acid groups (broad SMARTS) is 1. The van der Waals surface area contributed by atoms with E-state index in [1.807, 2.05) is 49.0 Å². The van der Waals surface area contributed by atoms with Gasteiger partial charge in [-0.15, -0.1) is 0 Å². The minimum atomic E-state index is -0.986. The predicted octanol–water partition coefficient (Wildman–Crippen LogP) is 1.80. The molecule has 0 aliphatic heterocycles. The molecule has 1 atom stereocenters. The third-order valence-electron chi connectivity index (χ3n) is 3.49. The molecule has 116 valence electrons. The number of rotatable bonds is 6. The Labute approximate surface area is 128 Å². The average molecular weight is 301 g/mol. The van der Waals surface area contributed by atoms with E-state index < -0.39 is 12.0 Å². The Kier molecular flexibility index (Phi) is 4.93. The number of amides is 1. The van der Waals surface area contributed by atoms with Crippen molar-refractivity contribution in [3.8, 4) is 0 Å². The van der Waals surface area contributed by atoms with E-state index in [4.69, 9.17) is 5.11 Å². The van der Waals surface area contributed by atoms with E-state index in [1.165, 1.54) is 0 Å². The number of carbonyl (C=O) groups is 2. The number of nitrogens with one attached hydrogen (secondary N) is 1. The highest BCUT2D eigenvalue weighted by Crippen LogP contribution is 2.23. The van der Waals surface area contributed by atoms with Gasteiger partial charge in [-0.1, -0.05) is 24.3 Å². The van der Waals surface area contributed by atoms with Gasteiger partial charge in [0, 0.05) is 25.9 Å². The van der Waals surface area contributed by atoms with Gasteiger partial charge in [0.25, 0.3) is 0 Å². The van der Waals surface area contributed by atoms with E-state index in [9.17, 15) is 9.59 Å². The molecule has 0 saturated carbocycles. The smallest absolute Gasteiger partial charge is 0.303 e. The van der Waals surface area contributed by atoms with Crippen LogP contribution in [0.15, 0.2) is 36.7 Å². The largest absolute Gasteiger partial charge is 0.481 e. The van der Waals surface area contributed by atoms with E-state index in [2.05, 4.69) is 10.3 Å². The highest BCUT2D eigenvalue weighted by Gasteiger charge is 2.22. The molecule has 1 aromatic heterocycles. The molecule has 1 heterocycles. The monoisotopic (exact) mass is 301 g/mol. The van der Waals surface area contributed by atoms with E-state index >= 15 is 0 Å². The highest BCUT2D eigenvalue weighted by atomic mass is 16.4. The number of aryl methyl sites for hydroxylation is 2. The average Bonchev–Trinajstić information content (AvgIpc) is 2.89. The van der Waals surface area contributed by atoms with Crippen LogP contribution in [0.2, 0.25) is 0 Å². The first-order valence-electron chi connectivity index (χ1n) is 7.03. The van der Waals surface area contributed by atoms with Crippen molar-refractivity contribution in [1.29, 1.82) is 0 Å². The summed E-state index contributed by atoms with van der Waals surface area (Å²) in [4.78, 5) is 27.0. The molecule has 6 nitrogen and oxygen atoms in total. The van der Waals surface area contributed by atoms with Gasteiger partial charge in [0.1, 0.15) is 11.9 Å². The van der Waals surface area contributed by atoms with Gasteiger partial charge in [0.05, 0.1) is 6.42 Å². The Bertz CT molecular complexity index is 679. The number of aromatic nitrogens is 2. The number of carbonyl (C=O) groups excluding carboxylic acids is 1. The van der Waals surface area contributed by atoms with E-state index in [0.717, 1.165) is 11.1 Å². The van der Waals surface area contributed by atoms with Crippen LogP contribution >= 0.6 is 0 Å². The van der Waals surface area contributed by atoms with Crippen molar-refractivity contribution in [3.63, 3.8) is 0 Å². The van der Waals surface area contributed by atoms with Gasteiger partial charge < -0.3 is 15.0 Å². The maximum Gasteiger partial charge on any atom is 0.303 e. The fourth-order valence-electron chi connectivity index (χ4n) is 2.30. The van der Waals surface area contributed by atoms with Crippen LogP contribution in [-0.2, 0) is 16.6 Å². The summed E-state index contributed by atoms with van der Waals surface area (Å²) in [6.45, 7) is 1.97. The van der Waals surface area contributed by atoms with Gasteiger partial charge in [0.15, 0.2) is 0 Å². The zero-order chi connectivity index (χ0) is 16.1. The molecule has 0 aliphatic carbocycles. The van der Waals surface area contributed by atoms with E-state index in [0.29, 0.717) is 5.82 Å². The second kappa shape index (κ2) is 6.89. The zero-order valence-corrected chi connectivity index (χ0v) is 12.6. The van der Waals surface area contributed by atoms with Gasteiger partial charge >= 0.3 is 5.97 Å². The van der Waals surface area contributed by atoms with Crippen molar-refractivity contribution in [2.24, 2.45) is 7.05 Å². The highest BCUT2D eigenvalue weighted by molar-refractivity contribution is 5.81. The topological polar surface area (TPSA) is 84.2 Å². The van der Waals surface area contributed by atoms with E-state index in [-0.39, 0.29) is 18.7 Å². The molecule has 2 aromatic rings. The third-order valence-corrected chi connectivity index (χ3v) is 3.49. The molecule has 0 spiro atoms. The van der Waals surface area contributed by atoms with Crippen LogP contribution in [0.4, 0.5) is 0 Å². The number of aliphatic carboxylic acids is 1. The van der Waals surface area contributed by atoms with Gasteiger partial charge in [-0.25, -0.2) is 4.98 Å². The fraction of sp³-hybridized carbons (Fsp3) is 0.312. The van der Waals surface area contributed by atoms with Gasteiger partial charge in [-0.05, 0) is 18.1 Å². The summed E-state index contributed by atoms with van der Waals surface area (Å²) in [5.74, 6) is -0.587. The Balaban J connectivity index is 2.27. The first-order chi connectivity index (χ1) is 10.5. The van der Waals surface area contributed by atoms with Crippen LogP contribution in [0.5, 0.6) is 0 Å². The van der Waals surface area contributed by atoms with Crippen molar-refractivity contribution in [2.75, 3.05) is 0 Å². The third kappa shape index (κ3) is 3.72. The van der Waals surface area contributed by atoms with Crippen molar-refractivity contribution in [3.05, 3.63) is 53.6 Å². The number of benzene rings is 1. The van der Waals surface area contributed by atoms with Crippen molar-refractivity contribution >= 4 is 11.9 Å². The molecule has 2 N–H and O–H groups in total. The van der Waals surface area contributed by atoms with Crippen LogP contribution < -0.4 is 5.32 Å². The van der Waals surface area contributed by atoms with Crippen molar-refractivity contribution in [2.45, 2.75) is 25.8 Å². The van der Waals surface area contributed by atoms with Crippen LogP contribution in [-0.4, -0.2) is 26.5 Å². The number of hydrogen-bond donors (Lipinski definition) is 2. The first kappa shape index (κ1) is 15.8. The summed E-state index contributed by atoms with van der Waals surface area (Å²) in [5.41, 5.74) is 1.98. The standard InChI is InChI=1S/C16H19N3O3/c1-11-5-3-4-6-12(11)15(16-17-9-10-19(16)2)18-13(20)7-8-14(21)22/h3-6,9-10,15H,7-8H2,1-2H3,(H,18,20)(H,21,22). The summed E-state index contributed by atoms with van der Waals surface area (Å²) in [6.07, 6.45) is 3.24. The molecular weight excluding hydrogens is 282 g/mol. The summed E-state index contributed by atoms with van der Waals surface area (Å²) >= 11 is 0. The zero-order valence-electron chi connectivity index (χ0n) is 12.6. The molecule has 1 aromatic carbocycles. The minimum Gasteiger partial charge on any atom is -0.481 e. The van der Waals surface area contributed by atoms with Crippen LogP contribution in [0.25, 0.3) is 0 Å². The number of carboxylic acids is 1. The quantitative estimate of drug-likeness (QED) is 0.852. The SMILES string of the molecule is Cc1ccccc1C(NC(=O)CCC(=O)O)c1nccn1C. The summed E-state index contributed by atoms with van der Waals surface area (Å²) in [6, 6.07) is 7.34. The second-order valence-electron chi connectivity index (χ2n) is 5.15. The molecular formula is C16H19N3O3. The second-order valence-corrected chi connectivity index (χ2v) is 5.15. The predicted molar refractivity (Wildman–Crippen MR) is 81.2 cm³/mol. The first-order valence-corrected chi connectivity index (χ1v) is 7.03. The molecule has 1 amide bonds. The summed E-state index contributed by atoms with van der Waals surface area (Å²) < 4.78 is 1.84. The lowest BCUT2D eigenvalue weighted by Crippen LogP contribution is -2.31. The van der Waals surface area contributed by atoms with Crippen molar-refractivity contribution in [1.82, 2.24) is 14.9 Å². The maximum absolute atomic E-state index is 12.0. The lowest BCUT2D eigenvalue weighted by molar-refractivity contribution is -0.138. The van der Waals surface area contributed by atoms with Crippen LogP contribution in [0.1, 0.15) is 35.8 Å². The van der Waals surface area contributed by atoms with E-state index in [1.54, 1.807) is 6.20 Å². The number of imidazole rings is 1. The van der Waals surface area contributed by atoms with Gasteiger partial charge in [0.2, 0.25) is 5.91 Å². The minimum absolute atomic E-state index is 0.0534. The van der Waals surface area contributed by atoms with Gasteiger partial charge in [-0.2, -0.15) is 0 Å². The maximum atomic E-state index is 12.0. The Morgan fingerprint density at radius 1 is 1.32 bits per heavy atom. The Morgan fingerprint density at radius 3 is 2.64 bits per heavy atom. The normalized spacial score (nSPS) is 11.9. The molecule has 1 unspecified atom stereocenters. The van der Waals surface area contributed by atoms with Crippen LogP contribution in [0, 0.1) is 6.92 Å². The van der Waals surface area contributed by atoms with Crippen LogP contribution in [0.3, 0.4) is 0 Å². The number of hydrogen-bond acceptors (Lipinski definition) is 3. The molecule has 0 saturated heterocycles. The Morgan fingerprint density at radius 2 is 2.05 bits per heavy atom. The molecule has 6 heteroatoms.